The van der Waals surface area contributed by atoms with Crippen LogP contribution in [0.15, 0.2) is 35.9 Å². The number of carbonyl (C=O) groups is 1. The van der Waals surface area contributed by atoms with Crippen LogP contribution >= 0.6 is 22.6 Å². The molecule has 0 aliphatic carbocycles. The molecule has 0 atom stereocenters. The van der Waals surface area contributed by atoms with E-state index in [2.05, 4.69) is 27.9 Å². The third-order valence-electron chi connectivity index (χ3n) is 2.15. The fraction of sp³-hybridized carbons (Fsp3) is 0.250. The standard InChI is InChI=1S/C12H14INO2/c1-2-9(12(15)16)7-8-14-11-5-3-10(13)4-6-11/h3-7,14H,2,8H2,1H3,(H,15,16)/b9-7-. The summed E-state index contributed by atoms with van der Waals surface area (Å²) in [5, 5.41) is 12.0. The van der Waals surface area contributed by atoms with E-state index in [9.17, 15) is 4.79 Å². The Bertz CT molecular complexity index is 385. The molecule has 0 aliphatic heterocycles. The highest BCUT2D eigenvalue weighted by molar-refractivity contribution is 14.1. The molecule has 0 bridgehead atoms. The van der Waals surface area contributed by atoms with Crippen LogP contribution in [-0.2, 0) is 4.79 Å². The molecule has 0 aliphatic rings. The molecule has 0 unspecified atom stereocenters. The largest absolute Gasteiger partial charge is 0.478 e. The SMILES string of the molecule is CC/C(=C/CNc1ccc(I)cc1)C(=O)O. The van der Waals surface area contributed by atoms with E-state index in [0.717, 1.165) is 5.69 Å². The minimum Gasteiger partial charge on any atom is -0.478 e. The van der Waals surface area contributed by atoms with Crippen molar-refractivity contribution in [3.63, 3.8) is 0 Å². The quantitative estimate of drug-likeness (QED) is 0.644. The van der Waals surface area contributed by atoms with E-state index in [4.69, 9.17) is 5.11 Å². The van der Waals surface area contributed by atoms with E-state index in [-0.39, 0.29) is 0 Å². The summed E-state index contributed by atoms with van der Waals surface area (Å²) < 4.78 is 1.18. The summed E-state index contributed by atoms with van der Waals surface area (Å²) in [6.07, 6.45) is 2.25. The van der Waals surface area contributed by atoms with Gasteiger partial charge in [-0.15, -0.1) is 0 Å². The van der Waals surface area contributed by atoms with Crippen molar-refractivity contribution < 1.29 is 9.90 Å². The maximum atomic E-state index is 10.7. The van der Waals surface area contributed by atoms with Gasteiger partial charge in [-0.1, -0.05) is 13.0 Å². The molecular formula is C12H14INO2. The minimum atomic E-state index is -0.841. The van der Waals surface area contributed by atoms with Gasteiger partial charge in [-0.25, -0.2) is 4.79 Å². The Labute approximate surface area is 109 Å². The third kappa shape index (κ3) is 4.22. The van der Waals surface area contributed by atoms with Gasteiger partial charge >= 0.3 is 5.97 Å². The molecule has 1 rings (SSSR count). The van der Waals surface area contributed by atoms with Crippen molar-refractivity contribution in [3.8, 4) is 0 Å². The number of aliphatic carboxylic acids is 1. The number of anilines is 1. The topological polar surface area (TPSA) is 49.3 Å². The van der Waals surface area contributed by atoms with Crippen molar-refractivity contribution in [2.24, 2.45) is 0 Å². The zero-order valence-electron chi connectivity index (χ0n) is 9.03. The first-order chi connectivity index (χ1) is 7.63. The smallest absolute Gasteiger partial charge is 0.331 e. The molecule has 16 heavy (non-hydrogen) atoms. The molecule has 0 radical (unpaired) electrons. The predicted molar refractivity (Wildman–Crippen MR) is 73.7 cm³/mol. The van der Waals surface area contributed by atoms with Crippen molar-refractivity contribution in [3.05, 3.63) is 39.5 Å². The Morgan fingerprint density at radius 1 is 1.44 bits per heavy atom. The fourth-order valence-electron chi connectivity index (χ4n) is 1.24. The molecule has 4 heteroatoms. The molecule has 1 aromatic rings. The van der Waals surface area contributed by atoms with Crippen LogP contribution in [0.4, 0.5) is 5.69 Å². The first-order valence-electron chi connectivity index (χ1n) is 5.05. The Kier molecular flexibility index (Phi) is 5.31. The van der Waals surface area contributed by atoms with E-state index < -0.39 is 5.97 Å². The molecule has 0 saturated carbocycles. The van der Waals surface area contributed by atoms with E-state index in [1.165, 1.54) is 3.57 Å². The van der Waals surface area contributed by atoms with Crippen LogP contribution in [0.5, 0.6) is 0 Å². The molecule has 0 spiro atoms. The van der Waals surface area contributed by atoms with E-state index in [0.29, 0.717) is 18.5 Å². The normalized spacial score (nSPS) is 11.2. The number of halogens is 1. The number of benzene rings is 1. The van der Waals surface area contributed by atoms with Crippen LogP contribution in [0.25, 0.3) is 0 Å². The van der Waals surface area contributed by atoms with Gasteiger partial charge in [-0.05, 0) is 53.3 Å². The van der Waals surface area contributed by atoms with Gasteiger partial charge in [0.25, 0.3) is 0 Å². The lowest BCUT2D eigenvalue weighted by molar-refractivity contribution is -0.132. The molecule has 0 amide bonds. The summed E-state index contributed by atoms with van der Waals surface area (Å²) in [5.41, 5.74) is 1.44. The molecule has 0 saturated heterocycles. The fourth-order valence-corrected chi connectivity index (χ4v) is 1.60. The molecular weight excluding hydrogens is 317 g/mol. The van der Waals surface area contributed by atoms with Gasteiger partial charge in [-0.2, -0.15) is 0 Å². The number of rotatable bonds is 5. The summed E-state index contributed by atoms with van der Waals surface area (Å²) in [5.74, 6) is -0.841. The molecule has 0 aromatic heterocycles. The number of carboxylic acid groups (broad SMARTS) is 1. The average Bonchev–Trinajstić information content (AvgIpc) is 2.26. The Morgan fingerprint density at radius 2 is 2.06 bits per heavy atom. The van der Waals surface area contributed by atoms with Crippen molar-refractivity contribution in [2.75, 3.05) is 11.9 Å². The number of hydrogen-bond acceptors (Lipinski definition) is 2. The van der Waals surface area contributed by atoms with Gasteiger partial charge in [0, 0.05) is 21.4 Å². The Morgan fingerprint density at radius 3 is 2.56 bits per heavy atom. The maximum absolute atomic E-state index is 10.7. The highest BCUT2D eigenvalue weighted by Crippen LogP contribution is 2.11. The van der Waals surface area contributed by atoms with Crippen molar-refractivity contribution >= 4 is 34.2 Å². The molecule has 0 heterocycles. The maximum Gasteiger partial charge on any atom is 0.331 e. The predicted octanol–water partition coefficient (Wildman–Crippen LogP) is 3.12. The molecule has 3 nitrogen and oxygen atoms in total. The van der Waals surface area contributed by atoms with Crippen molar-refractivity contribution in [2.45, 2.75) is 13.3 Å². The zero-order valence-corrected chi connectivity index (χ0v) is 11.2. The van der Waals surface area contributed by atoms with Crippen LogP contribution in [0.3, 0.4) is 0 Å². The van der Waals surface area contributed by atoms with Gasteiger partial charge < -0.3 is 10.4 Å². The highest BCUT2D eigenvalue weighted by Gasteiger charge is 2.02. The summed E-state index contributed by atoms with van der Waals surface area (Å²) in [6.45, 7) is 2.38. The summed E-state index contributed by atoms with van der Waals surface area (Å²) in [4.78, 5) is 10.7. The van der Waals surface area contributed by atoms with Crippen LogP contribution in [0, 0.1) is 3.57 Å². The number of nitrogens with one attached hydrogen (secondary N) is 1. The first kappa shape index (κ1) is 13.0. The second-order valence-electron chi connectivity index (χ2n) is 3.28. The minimum absolute atomic E-state index is 0.443. The molecule has 86 valence electrons. The van der Waals surface area contributed by atoms with Crippen molar-refractivity contribution in [1.29, 1.82) is 0 Å². The third-order valence-corrected chi connectivity index (χ3v) is 2.87. The monoisotopic (exact) mass is 331 g/mol. The van der Waals surface area contributed by atoms with Gasteiger partial charge in [0.15, 0.2) is 0 Å². The molecule has 1 aromatic carbocycles. The summed E-state index contributed by atoms with van der Waals surface area (Å²) in [6, 6.07) is 7.96. The van der Waals surface area contributed by atoms with Crippen molar-refractivity contribution in [1.82, 2.24) is 0 Å². The second kappa shape index (κ2) is 6.52. The zero-order chi connectivity index (χ0) is 12.0. The van der Waals surface area contributed by atoms with E-state index in [1.807, 2.05) is 31.2 Å². The van der Waals surface area contributed by atoms with E-state index in [1.54, 1.807) is 6.08 Å². The van der Waals surface area contributed by atoms with Gasteiger partial charge in [0.2, 0.25) is 0 Å². The first-order valence-corrected chi connectivity index (χ1v) is 6.13. The van der Waals surface area contributed by atoms with Gasteiger partial charge in [0.05, 0.1) is 0 Å². The lowest BCUT2D eigenvalue weighted by Gasteiger charge is -2.04. The van der Waals surface area contributed by atoms with Gasteiger partial charge in [0.1, 0.15) is 0 Å². The molecule has 0 fully saturated rings. The average molecular weight is 331 g/mol. The van der Waals surface area contributed by atoms with Crippen LogP contribution in [0.2, 0.25) is 0 Å². The Hall–Kier alpha value is -1.04. The Balaban J connectivity index is 2.52. The van der Waals surface area contributed by atoms with Gasteiger partial charge in [-0.3, -0.25) is 0 Å². The number of carboxylic acids is 1. The number of hydrogen-bond donors (Lipinski definition) is 2. The van der Waals surface area contributed by atoms with E-state index >= 15 is 0 Å². The summed E-state index contributed by atoms with van der Waals surface area (Å²) >= 11 is 2.24. The highest BCUT2D eigenvalue weighted by atomic mass is 127. The lowest BCUT2D eigenvalue weighted by Crippen LogP contribution is -2.04. The van der Waals surface area contributed by atoms with Crippen LogP contribution in [0.1, 0.15) is 13.3 Å². The molecule has 2 N–H and O–H groups in total. The lowest BCUT2D eigenvalue weighted by atomic mass is 10.2. The van der Waals surface area contributed by atoms with Crippen LogP contribution in [-0.4, -0.2) is 17.6 Å². The second-order valence-corrected chi connectivity index (χ2v) is 4.52. The summed E-state index contributed by atoms with van der Waals surface area (Å²) in [7, 11) is 0. The van der Waals surface area contributed by atoms with Crippen LogP contribution < -0.4 is 5.32 Å².